The molecule has 1 saturated carbocycles. The Balaban J connectivity index is 0.000000210. The van der Waals surface area contributed by atoms with Crippen molar-refractivity contribution < 1.29 is 88.3 Å². The van der Waals surface area contributed by atoms with Crippen LogP contribution in [0, 0.1) is 83.1 Å². The topological polar surface area (TPSA) is 201 Å². The number of halogens is 5. The van der Waals surface area contributed by atoms with E-state index in [9.17, 15) is 22.0 Å². The van der Waals surface area contributed by atoms with Crippen molar-refractivity contribution in [1.82, 2.24) is 0 Å². The molecule has 1 aliphatic carbocycles. The Morgan fingerprint density at radius 3 is 0.846 bits per heavy atom. The number of aryl methyl sites for hydroxylation is 13. The maximum Gasteiger partial charge on any atom is 0.416 e. The molecule has 0 atom stereocenters. The molecule has 0 saturated heterocycles. The van der Waals surface area contributed by atoms with Crippen molar-refractivity contribution in [3.63, 3.8) is 0 Å². The molecule has 0 heterocycles. The van der Waals surface area contributed by atoms with E-state index in [0.717, 1.165) is 143 Å². The lowest BCUT2D eigenvalue weighted by Crippen LogP contribution is -2.14. The average Bonchev–Trinajstić information content (AvgIpc) is 1.77. The lowest BCUT2D eigenvalue weighted by molar-refractivity contribution is -0.137. The van der Waals surface area contributed by atoms with Gasteiger partial charge in [0.25, 0.3) is 37.5 Å². The first kappa shape index (κ1) is 115. The summed E-state index contributed by atoms with van der Waals surface area (Å²) in [5.41, 5.74) is 24.8. The van der Waals surface area contributed by atoms with Gasteiger partial charge in [0, 0.05) is 73.1 Å². The highest BCUT2D eigenvalue weighted by Gasteiger charge is 2.32. The van der Waals surface area contributed by atoms with Crippen LogP contribution in [-0.4, -0.2) is 87.4 Å². The van der Waals surface area contributed by atoms with E-state index in [1.165, 1.54) is 92.9 Å². The van der Waals surface area contributed by atoms with Crippen molar-refractivity contribution >= 4 is 138 Å². The van der Waals surface area contributed by atoms with Gasteiger partial charge in [-0.25, -0.2) is 8.78 Å². The fourth-order valence-electron chi connectivity index (χ4n) is 14.3. The third-order valence-corrected chi connectivity index (χ3v) is 23.7. The van der Waals surface area contributed by atoms with E-state index in [4.69, 9.17) is 140 Å². The van der Waals surface area contributed by atoms with Gasteiger partial charge in [-0.1, -0.05) is 143 Å². The van der Waals surface area contributed by atoms with Gasteiger partial charge < -0.3 is 98.2 Å². The van der Waals surface area contributed by atoms with E-state index >= 15 is 0 Å². The van der Waals surface area contributed by atoms with Gasteiger partial charge in [-0.05, 0) is 348 Å². The summed E-state index contributed by atoms with van der Waals surface area (Å²) < 4.78 is 141. The van der Waals surface area contributed by atoms with Crippen molar-refractivity contribution in [1.29, 1.82) is 0 Å². The van der Waals surface area contributed by atoms with Crippen LogP contribution in [0.25, 0.3) is 0 Å². The summed E-state index contributed by atoms with van der Waals surface area (Å²) in [6, 6.07) is 67.9. The Hall–Kier alpha value is -13.2. The minimum atomic E-state index is -4.44. The summed E-state index contributed by atoms with van der Waals surface area (Å²) in [6.45, 7) is 30.9. The molecule has 1 fully saturated rings. The first-order chi connectivity index (χ1) is 68.3. The maximum atomic E-state index is 13.0. The van der Waals surface area contributed by atoms with Crippen molar-refractivity contribution in [2.75, 3.05) is 88.3 Å². The van der Waals surface area contributed by atoms with Crippen LogP contribution < -0.4 is 69.8 Å². The van der Waals surface area contributed by atoms with E-state index in [0.29, 0.717) is 93.7 Å². The second-order valence-electron chi connectivity index (χ2n) is 33.4. The molecule has 0 unspecified atom stereocenters. The van der Waals surface area contributed by atoms with Crippen LogP contribution in [0.3, 0.4) is 0 Å². The van der Waals surface area contributed by atoms with Gasteiger partial charge in [-0.2, -0.15) is 13.2 Å². The summed E-state index contributed by atoms with van der Waals surface area (Å²) in [7, 11) is 10.7. The molecule has 143 heavy (non-hydrogen) atoms. The summed E-state index contributed by atoms with van der Waals surface area (Å²) in [6.07, 6.45) is -3.45. The zero-order chi connectivity index (χ0) is 105. The highest BCUT2D eigenvalue weighted by molar-refractivity contribution is 7.81. The molecule has 1 aliphatic rings. The Labute approximate surface area is 870 Å². The molecular formula is C112H127F5N6O14S6. The molecule has 760 valence electrons. The van der Waals surface area contributed by atoms with Crippen LogP contribution in [0.5, 0.6) is 46.0 Å². The quantitative estimate of drug-likeness (QED) is 0.0183. The normalized spacial score (nSPS) is 11.0. The van der Waals surface area contributed by atoms with Gasteiger partial charge in [-0.3, -0.25) is 0 Å². The Kier molecular flexibility index (Phi) is 46.5. The Morgan fingerprint density at radius 1 is 0.301 bits per heavy atom. The van der Waals surface area contributed by atoms with Gasteiger partial charge in [0.2, 0.25) is 0 Å². The summed E-state index contributed by atoms with van der Waals surface area (Å²) in [4.78, 5) is 0. The third-order valence-electron chi connectivity index (χ3n) is 22.1. The SMILES string of the molecule is CCOc1ccc(NC(=S)OC)c(COc2ccc(C)cc2C)c1.CCc1ccc(NC(=S)OC)c(COc2ccc(C)cc2C)c1.COC(=S)Nc1ccc(C(F)(F)F)cc1COc1ccc(C)cc1C.COC(=S)Nc1ccc(C(F)F)cc1COc1ccc(C)cc1C.COC(=S)Nc1ccc(C2CC2)cc1COc1ccc(C)cc1C.COC(=S)Nc1ccc(OC)cc1COc1ccc(C)cc1C. The Bertz CT molecular complexity index is 6080. The highest BCUT2D eigenvalue weighted by atomic mass is 32.1. The summed E-state index contributed by atoms with van der Waals surface area (Å²) in [5, 5.41) is 19.5. The van der Waals surface area contributed by atoms with Crippen LogP contribution in [0.2, 0.25) is 0 Å². The molecule has 31 heteroatoms. The number of nitrogens with one attached hydrogen (secondary N) is 6. The minimum absolute atomic E-state index is 0.0392. The lowest BCUT2D eigenvalue weighted by atomic mass is 10.1. The number of alkyl halides is 5. The van der Waals surface area contributed by atoms with Gasteiger partial charge in [0.05, 0.1) is 61.9 Å². The summed E-state index contributed by atoms with van der Waals surface area (Å²) >= 11 is 30.3. The molecule has 0 bridgehead atoms. The van der Waals surface area contributed by atoms with E-state index in [1.54, 1.807) is 33.5 Å². The number of hydrogen-bond acceptors (Lipinski definition) is 20. The smallest absolute Gasteiger partial charge is 0.416 e. The largest absolute Gasteiger partial charge is 0.497 e. The third kappa shape index (κ3) is 38.2. The predicted molar refractivity (Wildman–Crippen MR) is 589 cm³/mol. The number of rotatable bonds is 30. The molecule has 6 N–H and O–H groups in total. The zero-order valence-corrected chi connectivity index (χ0v) is 89.5. The fraction of sp³-hybridized carbons (Fsp3) is 0.304. The van der Waals surface area contributed by atoms with Crippen LogP contribution in [0.15, 0.2) is 218 Å². The number of benzene rings is 12. The molecule has 0 amide bonds. The standard InChI is InChI=1S/C20H23NO2S.C19H23NO3S.C19H23NO2S.C18H18F3NO2S.C18H19F2NO2S.C18H21NO3S/c1-13-4-9-19(14(2)10-13)23-12-17-11-16(15-5-6-15)7-8-18(17)21-20(24)22-3;1-5-22-16-7-8-17(20-19(24)21-4)15(11-16)12-23-18-9-6-13(2)10-14(18)3;1-5-15-7-8-17(20-19(23)21-4)16(11-15)12-22-18-9-6-13(2)10-14(18)3;1-11-4-7-16(12(2)8-11)24-10-13-9-14(18(19,20)21)5-6-15(13)22-17(25)23-3;1-11-4-7-16(12(2)8-11)23-10-14-9-13(17(19)20)5-6-15(14)21-18(24)22-3;1-12-5-8-17(13(2)9-12)22-11-14-10-15(20-3)6-7-16(14)19-18(23)21-4/h4,7-11,15H,5-6,12H2,1-3H3,(H,21,24);6-11H,5,12H2,1-4H3,(H,20,24);6-11H,5,12H2,1-4H3,(H,20,23);4-9H,10H2,1-3H3,(H,22,25);4-9,17H,10H2,1-3H3,(H,21,24);5-10H,11H2,1-4H3,(H,19,23). The monoisotopic (exact) mass is 2070 g/mol. The minimum Gasteiger partial charge on any atom is -0.497 e. The molecule has 0 spiro atoms. The van der Waals surface area contributed by atoms with Crippen molar-refractivity contribution in [2.45, 2.75) is 174 Å². The first-order valence-electron chi connectivity index (χ1n) is 45.9. The zero-order valence-electron chi connectivity index (χ0n) is 84.6. The molecule has 20 nitrogen and oxygen atoms in total. The molecule has 12 aromatic carbocycles. The number of thiocarbonyl (C=S) groups is 6. The van der Waals surface area contributed by atoms with Gasteiger partial charge >= 0.3 is 6.18 Å². The Morgan fingerprint density at radius 2 is 0.566 bits per heavy atom. The van der Waals surface area contributed by atoms with Crippen LogP contribution >= 0.6 is 73.3 Å². The van der Waals surface area contributed by atoms with E-state index in [2.05, 4.69) is 147 Å². The van der Waals surface area contributed by atoms with Gasteiger partial charge in [0.15, 0.2) is 0 Å². The second kappa shape index (κ2) is 57.8. The highest BCUT2D eigenvalue weighted by Crippen LogP contribution is 2.42. The van der Waals surface area contributed by atoms with E-state index in [-0.39, 0.29) is 29.1 Å². The molecule has 12 aromatic rings. The predicted octanol–water partition coefficient (Wildman–Crippen LogP) is 29.2. The molecule has 0 aromatic heterocycles. The van der Waals surface area contributed by atoms with Crippen molar-refractivity contribution in [2.24, 2.45) is 0 Å². The molecular weight excluding hydrogens is 1940 g/mol. The first-order valence-corrected chi connectivity index (χ1v) is 48.3. The molecule has 0 aliphatic heterocycles. The maximum absolute atomic E-state index is 13.0. The van der Waals surface area contributed by atoms with Crippen molar-refractivity contribution in [3.05, 3.63) is 341 Å². The molecule has 0 radical (unpaired) electrons. The number of anilines is 6. The lowest BCUT2D eigenvalue weighted by Gasteiger charge is -2.16. The summed E-state index contributed by atoms with van der Waals surface area (Å²) in [5.74, 6) is 7.13. The number of ether oxygens (including phenoxy) is 14. The fourth-order valence-corrected chi connectivity index (χ4v) is 15.0. The number of hydrogen-bond donors (Lipinski definition) is 6. The average molecular weight is 2070 g/mol. The van der Waals surface area contributed by atoms with Crippen LogP contribution in [0.4, 0.5) is 56.1 Å². The molecule has 13 rings (SSSR count). The van der Waals surface area contributed by atoms with Crippen LogP contribution in [0.1, 0.15) is 161 Å². The second-order valence-corrected chi connectivity index (χ2v) is 35.7. The van der Waals surface area contributed by atoms with Gasteiger partial charge in [-0.15, -0.1) is 0 Å². The van der Waals surface area contributed by atoms with E-state index < -0.39 is 18.2 Å². The van der Waals surface area contributed by atoms with Crippen LogP contribution in [-0.2, 0) is 80.7 Å². The number of methoxy groups -OCH3 is 7. The van der Waals surface area contributed by atoms with E-state index in [1.807, 2.05) is 158 Å². The van der Waals surface area contributed by atoms with Gasteiger partial charge in [0.1, 0.15) is 85.6 Å². The van der Waals surface area contributed by atoms with Crippen molar-refractivity contribution in [3.8, 4) is 46.0 Å².